The van der Waals surface area contributed by atoms with Crippen molar-refractivity contribution in [3.63, 3.8) is 0 Å². The van der Waals surface area contributed by atoms with E-state index in [0.717, 1.165) is 25.0 Å². The van der Waals surface area contributed by atoms with Crippen LogP contribution in [0, 0.1) is 5.41 Å². The van der Waals surface area contributed by atoms with E-state index in [1.54, 1.807) is 6.08 Å². The van der Waals surface area contributed by atoms with E-state index >= 15 is 0 Å². The van der Waals surface area contributed by atoms with Crippen molar-refractivity contribution in [1.29, 1.82) is 0 Å². The van der Waals surface area contributed by atoms with Gasteiger partial charge in [-0.2, -0.15) is 0 Å². The molecule has 0 aliphatic heterocycles. The molecule has 0 saturated carbocycles. The maximum Gasteiger partial charge on any atom is 0.162 e. The summed E-state index contributed by atoms with van der Waals surface area (Å²) in [6.45, 7) is 2.37. The molecule has 94 valence electrons. The summed E-state index contributed by atoms with van der Waals surface area (Å²) in [5, 5.41) is 12.7. The molecule has 1 aromatic heterocycles. The van der Waals surface area contributed by atoms with E-state index in [-0.39, 0.29) is 12.0 Å². The largest absolute Gasteiger partial charge is 0.392 e. The highest BCUT2D eigenvalue weighted by atomic mass is 16.5. The second-order valence-electron chi connectivity index (χ2n) is 5.28. The van der Waals surface area contributed by atoms with Gasteiger partial charge in [0.25, 0.3) is 0 Å². The van der Waals surface area contributed by atoms with Gasteiger partial charge in [0.15, 0.2) is 5.76 Å². The molecule has 0 saturated heterocycles. The third-order valence-electron chi connectivity index (χ3n) is 3.90. The Morgan fingerprint density at radius 2 is 2.39 bits per heavy atom. The molecule has 1 heterocycles. The first kappa shape index (κ1) is 11.5. The van der Waals surface area contributed by atoms with Crippen LogP contribution < -0.4 is 0 Å². The first-order valence-corrected chi connectivity index (χ1v) is 6.35. The van der Waals surface area contributed by atoms with E-state index in [9.17, 15) is 0 Å². The second kappa shape index (κ2) is 4.25. The Bertz CT molecular complexity index is 551. The number of aliphatic hydroxyl groups is 1. The van der Waals surface area contributed by atoms with Crippen molar-refractivity contribution in [2.75, 3.05) is 6.61 Å². The quantitative estimate of drug-likeness (QED) is 0.868. The normalized spacial score (nSPS) is 26.6. The Kier molecular flexibility index (Phi) is 2.71. The number of aliphatic hydroxyl groups excluding tert-OH is 1. The Morgan fingerprint density at radius 3 is 3.22 bits per heavy atom. The molecule has 2 aliphatic rings. The number of nitrogens with zero attached hydrogens (tertiary/aromatic N) is 1. The Labute approximate surface area is 106 Å². The van der Waals surface area contributed by atoms with Gasteiger partial charge in [0.05, 0.1) is 12.8 Å². The fraction of sp³-hybridized carbons (Fsp3) is 0.400. The van der Waals surface area contributed by atoms with Crippen LogP contribution in [0.15, 0.2) is 40.1 Å². The minimum absolute atomic E-state index is 0.0753. The van der Waals surface area contributed by atoms with Gasteiger partial charge in [-0.15, -0.1) is 0 Å². The Balaban J connectivity index is 1.97. The van der Waals surface area contributed by atoms with Crippen LogP contribution in [0.5, 0.6) is 0 Å². The summed E-state index contributed by atoms with van der Waals surface area (Å²) in [5.74, 6) is 0.922. The zero-order valence-electron chi connectivity index (χ0n) is 10.5. The molecular weight excluding hydrogens is 226 g/mol. The van der Waals surface area contributed by atoms with Gasteiger partial charge in [-0.25, -0.2) is 0 Å². The lowest BCUT2D eigenvalue weighted by Gasteiger charge is -2.36. The van der Waals surface area contributed by atoms with Gasteiger partial charge >= 0.3 is 0 Å². The van der Waals surface area contributed by atoms with E-state index < -0.39 is 0 Å². The van der Waals surface area contributed by atoms with Crippen LogP contribution in [0.25, 0.3) is 6.08 Å². The molecule has 0 fully saturated rings. The van der Waals surface area contributed by atoms with Gasteiger partial charge in [-0.3, -0.25) is 0 Å². The summed E-state index contributed by atoms with van der Waals surface area (Å²) < 4.78 is 5.25. The van der Waals surface area contributed by atoms with Gasteiger partial charge in [0.1, 0.15) is 0 Å². The highest BCUT2D eigenvalue weighted by Crippen LogP contribution is 2.46. The fourth-order valence-corrected chi connectivity index (χ4v) is 2.95. The zero-order chi connectivity index (χ0) is 12.6. The average Bonchev–Trinajstić information content (AvgIpc) is 2.78. The van der Waals surface area contributed by atoms with Crippen LogP contribution in [0.2, 0.25) is 0 Å². The number of hydrogen-bond donors (Lipinski definition) is 1. The average molecular weight is 243 g/mol. The van der Waals surface area contributed by atoms with Crippen molar-refractivity contribution in [2.45, 2.75) is 26.2 Å². The fourth-order valence-electron chi connectivity index (χ4n) is 2.95. The summed E-state index contributed by atoms with van der Waals surface area (Å²) in [4.78, 5) is 0. The minimum Gasteiger partial charge on any atom is -0.392 e. The monoisotopic (exact) mass is 243 g/mol. The standard InChI is InChI=1S/C15H17NO2/c1-15-8-11(3-2-6-17)4-5-13(15)7-14-12(9-15)10-16-18-14/h2-3,7-8,10,17H,4-6,9H2,1H3/b3-2+/t15-/m0/s1. The molecule has 3 nitrogen and oxygen atoms in total. The molecule has 3 heteroatoms. The molecule has 0 radical (unpaired) electrons. The molecule has 18 heavy (non-hydrogen) atoms. The van der Waals surface area contributed by atoms with Crippen molar-refractivity contribution in [3.8, 4) is 0 Å². The number of hydrogen-bond acceptors (Lipinski definition) is 3. The van der Waals surface area contributed by atoms with E-state index in [4.69, 9.17) is 9.63 Å². The van der Waals surface area contributed by atoms with Crippen molar-refractivity contribution in [2.24, 2.45) is 5.41 Å². The molecule has 0 unspecified atom stereocenters. The zero-order valence-corrected chi connectivity index (χ0v) is 10.5. The predicted molar refractivity (Wildman–Crippen MR) is 69.8 cm³/mol. The minimum atomic E-state index is 0.0753. The molecular formula is C15H17NO2. The molecule has 0 amide bonds. The van der Waals surface area contributed by atoms with Gasteiger partial charge < -0.3 is 9.63 Å². The Hall–Kier alpha value is -1.61. The number of rotatable bonds is 2. The van der Waals surface area contributed by atoms with Gasteiger partial charge in [-0.1, -0.05) is 41.5 Å². The van der Waals surface area contributed by atoms with Crippen molar-refractivity contribution >= 4 is 6.08 Å². The summed E-state index contributed by atoms with van der Waals surface area (Å²) >= 11 is 0. The highest BCUT2D eigenvalue weighted by Gasteiger charge is 2.35. The topological polar surface area (TPSA) is 46.3 Å². The molecule has 0 bridgehead atoms. The molecule has 0 spiro atoms. The maximum atomic E-state index is 8.85. The highest BCUT2D eigenvalue weighted by molar-refractivity contribution is 5.59. The third-order valence-corrected chi connectivity index (χ3v) is 3.90. The smallest absolute Gasteiger partial charge is 0.162 e. The van der Waals surface area contributed by atoms with Crippen LogP contribution in [0.1, 0.15) is 31.1 Å². The molecule has 3 rings (SSSR count). The van der Waals surface area contributed by atoms with Crippen LogP contribution in [-0.4, -0.2) is 16.9 Å². The van der Waals surface area contributed by atoms with E-state index in [0.29, 0.717) is 0 Å². The maximum absolute atomic E-state index is 8.85. The lowest BCUT2D eigenvalue weighted by molar-refractivity contribution is 0.342. The molecule has 1 N–H and O–H groups in total. The second-order valence-corrected chi connectivity index (χ2v) is 5.28. The summed E-state index contributed by atoms with van der Waals surface area (Å²) in [6.07, 6.45) is 13.2. The Morgan fingerprint density at radius 1 is 1.50 bits per heavy atom. The van der Waals surface area contributed by atoms with Crippen LogP contribution in [0.3, 0.4) is 0 Å². The molecule has 1 aromatic rings. The molecule has 0 aromatic carbocycles. The van der Waals surface area contributed by atoms with Gasteiger partial charge in [0.2, 0.25) is 0 Å². The molecule has 2 aliphatic carbocycles. The summed E-state index contributed by atoms with van der Waals surface area (Å²) in [5.41, 5.74) is 3.99. The summed E-state index contributed by atoms with van der Waals surface area (Å²) in [6, 6.07) is 0. The number of fused-ring (bicyclic) bond motifs is 2. The van der Waals surface area contributed by atoms with Gasteiger partial charge in [-0.05, 0) is 25.3 Å². The van der Waals surface area contributed by atoms with Crippen molar-refractivity contribution in [1.82, 2.24) is 5.16 Å². The number of allylic oxidation sites excluding steroid dienone is 4. The SMILES string of the molecule is C[C@@]12C=C(/C=C/CO)CCC1=Cc1oncc1C2. The first-order valence-electron chi connectivity index (χ1n) is 6.35. The summed E-state index contributed by atoms with van der Waals surface area (Å²) in [7, 11) is 0. The van der Waals surface area contributed by atoms with Gasteiger partial charge in [0, 0.05) is 11.0 Å². The predicted octanol–water partition coefficient (Wildman–Crippen LogP) is 2.89. The van der Waals surface area contributed by atoms with Crippen LogP contribution in [-0.2, 0) is 6.42 Å². The lowest BCUT2D eigenvalue weighted by atomic mass is 9.68. The van der Waals surface area contributed by atoms with E-state index in [1.807, 2.05) is 12.3 Å². The van der Waals surface area contributed by atoms with Crippen molar-refractivity contribution < 1.29 is 9.63 Å². The van der Waals surface area contributed by atoms with Crippen LogP contribution >= 0.6 is 0 Å². The lowest BCUT2D eigenvalue weighted by Crippen LogP contribution is -2.26. The number of aromatic nitrogens is 1. The van der Waals surface area contributed by atoms with Crippen molar-refractivity contribution in [3.05, 3.63) is 46.9 Å². The van der Waals surface area contributed by atoms with Crippen LogP contribution in [0.4, 0.5) is 0 Å². The third kappa shape index (κ3) is 1.85. The van der Waals surface area contributed by atoms with E-state index in [2.05, 4.69) is 24.2 Å². The molecule has 1 atom stereocenters. The first-order chi connectivity index (χ1) is 8.71. The van der Waals surface area contributed by atoms with E-state index in [1.165, 1.54) is 16.7 Å².